The third-order valence-electron chi connectivity index (χ3n) is 4.59. The fourth-order valence-corrected chi connectivity index (χ4v) is 3.91. The lowest BCUT2D eigenvalue weighted by Gasteiger charge is -2.23. The molecule has 0 N–H and O–H groups in total. The van der Waals surface area contributed by atoms with Crippen LogP contribution < -0.4 is 9.80 Å². The van der Waals surface area contributed by atoms with Gasteiger partial charge in [0.05, 0.1) is 21.4 Å². The standard InChI is InChI=1S/C21H12Cl2N2O4/c22-14-5-1-3-12(20(14)24-16(26)7-8-17(24)27)11-13-4-2-6-15(23)21(13)25-18(28)9-10-19(25)29/h1-10H,11H2. The minimum atomic E-state index is -0.496. The molecule has 0 radical (unpaired) electrons. The summed E-state index contributed by atoms with van der Waals surface area (Å²) in [4.78, 5) is 50.8. The van der Waals surface area contributed by atoms with Crippen LogP contribution in [0.2, 0.25) is 10.0 Å². The first-order valence-corrected chi connectivity index (χ1v) is 9.31. The van der Waals surface area contributed by atoms with Gasteiger partial charge in [0.15, 0.2) is 0 Å². The smallest absolute Gasteiger partial charge is 0.258 e. The topological polar surface area (TPSA) is 74.8 Å². The number of para-hydroxylation sites is 2. The van der Waals surface area contributed by atoms with Crippen LogP contribution in [0, 0.1) is 0 Å². The highest BCUT2D eigenvalue weighted by molar-refractivity contribution is 6.38. The molecule has 2 heterocycles. The van der Waals surface area contributed by atoms with Gasteiger partial charge in [-0.15, -0.1) is 0 Å². The van der Waals surface area contributed by atoms with Crippen molar-refractivity contribution in [2.24, 2.45) is 0 Å². The molecule has 0 aromatic heterocycles. The molecule has 0 saturated heterocycles. The van der Waals surface area contributed by atoms with E-state index in [9.17, 15) is 19.2 Å². The van der Waals surface area contributed by atoms with Crippen molar-refractivity contribution in [2.45, 2.75) is 6.42 Å². The lowest BCUT2D eigenvalue weighted by Crippen LogP contribution is -2.32. The molecule has 0 unspecified atom stereocenters. The van der Waals surface area contributed by atoms with Gasteiger partial charge in [0.2, 0.25) is 0 Å². The molecule has 0 fully saturated rings. The molecule has 0 spiro atoms. The van der Waals surface area contributed by atoms with E-state index in [1.54, 1.807) is 36.4 Å². The van der Waals surface area contributed by atoms with Gasteiger partial charge in [-0.2, -0.15) is 0 Å². The fraction of sp³-hybridized carbons (Fsp3) is 0.0476. The van der Waals surface area contributed by atoms with E-state index in [0.29, 0.717) is 11.1 Å². The number of amides is 4. The molecular formula is C21H12Cl2N2O4. The molecule has 0 saturated carbocycles. The van der Waals surface area contributed by atoms with Gasteiger partial charge in [-0.3, -0.25) is 19.2 Å². The number of carbonyl (C=O) groups excluding carboxylic acids is 4. The molecule has 2 aromatic carbocycles. The molecule has 2 aromatic rings. The van der Waals surface area contributed by atoms with Crippen molar-refractivity contribution in [3.8, 4) is 0 Å². The molecule has 0 aliphatic carbocycles. The van der Waals surface area contributed by atoms with E-state index in [1.165, 1.54) is 24.3 Å². The van der Waals surface area contributed by atoms with E-state index in [2.05, 4.69) is 0 Å². The van der Waals surface area contributed by atoms with Gasteiger partial charge >= 0.3 is 0 Å². The summed E-state index contributed by atoms with van der Waals surface area (Å²) in [6.07, 6.45) is 4.88. The van der Waals surface area contributed by atoms with Crippen molar-refractivity contribution in [1.29, 1.82) is 0 Å². The molecule has 0 bridgehead atoms. The van der Waals surface area contributed by atoms with Crippen LogP contribution in [0.4, 0.5) is 11.4 Å². The predicted octanol–water partition coefficient (Wildman–Crippen LogP) is 3.44. The Morgan fingerprint density at radius 3 is 1.28 bits per heavy atom. The van der Waals surface area contributed by atoms with Gasteiger partial charge in [-0.1, -0.05) is 47.5 Å². The maximum absolute atomic E-state index is 12.2. The van der Waals surface area contributed by atoms with Gasteiger partial charge in [-0.05, 0) is 23.3 Å². The van der Waals surface area contributed by atoms with E-state index < -0.39 is 23.6 Å². The molecule has 29 heavy (non-hydrogen) atoms. The highest BCUT2D eigenvalue weighted by atomic mass is 35.5. The summed E-state index contributed by atoms with van der Waals surface area (Å²) in [5, 5.41) is 0.456. The van der Waals surface area contributed by atoms with E-state index in [1.807, 2.05) is 0 Å². The molecule has 144 valence electrons. The number of benzene rings is 2. The van der Waals surface area contributed by atoms with Gasteiger partial charge in [0.1, 0.15) is 0 Å². The largest absolute Gasteiger partial charge is 0.269 e. The summed E-state index contributed by atoms with van der Waals surface area (Å²) in [5.41, 5.74) is 1.66. The zero-order valence-corrected chi connectivity index (χ0v) is 16.3. The van der Waals surface area contributed by atoms with Crippen LogP contribution in [-0.4, -0.2) is 23.6 Å². The minimum Gasteiger partial charge on any atom is -0.269 e. The van der Waals surface area contributed by atoms with Gasteiger partial charge in [-0.25, -0.2) is 9.80 Å². The Bertz CT molecular complexity index is 1030. The second-order valence-electron chi connectivity index (χ2n) is 6.36. The highest BCUT2D eigenvalue weighted by Gasteiger charge is 2.31. The third kappa shape index (κ3) is 3.26. The summed E-state index contributed by atoms with van der Waals surface area (Å²) in [6, 6.07) is 9.98. The van der Waals surface area contributed by atoms with Crippen LogP contribution in [0.15, 0.2) is 60.7 Å². The quantitative estimate of drug-likeness (QED) is 0.701. The predicted molar refractivity (Wildman–Crippen MR) is 109 cm³/mol. The number of imide groups is 2. The summed E-state index contributed by atoms with van der Waals surface area (Å²) in [5.74, 6) is -1.98. The first-order valence-electron chi connectivity index (χ1n) is 8.55. The summed E-state index contributed by atoms with van der Waals surface area (Å²) in [6.45, 7) is 0. The Labute approximate surface area is 175 Å². The number of rotatable bonds is 4. The van der Waals surface area contributed by atoms with Crippen LogP contribution in [0.3, 0.4) is 0 Å². The maximum atomic E-state index is 12.2. The third-order valence-corrected chi connectivity index (χ3v) is 5.20. The molecule has 4 amide bonds. The number of halogens is 2. The van der Waals surface area contributed by atoms with E-state index in [-0.39, 0.29) is 27.8 Å². The van der Waals surface area contributed by atoms with Crippen molar-refractivity contribution >= 4 is 58.2 Å². The Kier molecular flexibility index (Phi) is 4.82. The molecule has 6 nitrogen and oxygen atoms in total. The number of hydrogen-bond donors (Lipinski definition) is 0. The van der Waals surface area contributed by atoms with E-state index in [0.717, 1.165) is 9.80 Å². The van der Waals surface area contributed by atoms with E-state index >= 15 is 0 Å². The average molecular weight is 427 g/mol. The van der Waals surface area contributed by atoms with Crippen molar-refractivity contribution in [3.63, 3.8) is 0 Å². The number of carbonyl (C=O) groups is 4. The Morgan fingerprint density at radius 1 is 0.586 bits per heavy atom. The number of hydrogen-bond acceptors (Lipinski definition) is 4. The van der Waals surface area contributed by atoms with Crippen LogP contribution in [0.5, 0.6) is 0 Å². The minimum absolute atomic E-state index is 0.180. The summed E-state index contributed by atoms with van der Waals surface area (Å²) in [7, 11) is 0. The Morgan fingerprint density at radius 2 is 0.931 bits per heavy atom. The average Bonchev–Trinajstić information content (AvgIpc) is 3.18. The fourth-order valence-electron chi connectivity index (χ4n) is 3.35. The zero-order valence-electron chi connectivity index (χ0n) is 14.8. The van der Waals surface area contributed by atoms with Crippen LogP contribution >= 0.6 is 23.2 Å². The lowest BCUT2D eigenvalue weighted by molar-refractivity contribution is -0.121. The molecule has 8 heteroatoms. The summed E-state index contributed by atoms with van der Waals surface area (Å²) >= 11 is 12.6. The maximum Gasteiger partial charge on any atom is 0.258 e. The van der Waals surface area contributed by atoms with Gasteiger partial charge in [0, 0.05) is 30.7 Å². The molecule has 2 aliphatic rings. The van der Waals surface area contributed by atoms with E-state index in [4.69, 9.17) is 23.2 Å². The Hall–Kier alpha value is -3.22. The second kappa shape index (κ2) is 7.31. The second-order valence-corrected chi connectivity index (χ2v) is 7.18. The SMILES string of the molecule is O=C1C=CC(=O)N1c1c(Cl)cccc1Cc1cccc(Cl)c1N1C(=O)C=CC1=O. The van der Waals surface area contributed by atoms with Gasteiger partial charge < -0.3 is 0 Å². The van der Waals surface area contributed by atoms with Crippen molar-refractivity contribution in [2.75, 3.05) is 9.80 Å². The normalized spacial score (nSPS) is 15.9. The molecule has 2 aliphatic heterocycles. The van der Waals surface area contributed by atoms with Crippen LogP contribution in [-0.2, 0) is 25.6 Å². The number of anilines is 2. The van der Waals surface area contributed by atoms with Crippen molar-refractivity contribution in [1.82, 2.24) is 0 Å². The molecule has 0 atom stereocenters. The van der Waals surface area contributed by atoms with Crippen LogP contribution in [0.1, 0.15) is 11.1 Å². The number of nitrogens with zero attached hydrogens (tertiary/aromatic N) is 2. The van der Waals surface area contributed by atoms with Crippen molar-refractivity contribution < 1.29 is 19.2 Å². The molecular weight excluding hydrogens is 415 g/mol. The first-order chi connectivity index (χ1) is 13.9. The van der Waals surface area contributed by atoms with Crippen molar-refractivity contribution in [3.05, 3.63) is 81.9 Å². The lowest BCUT2D eigenvalue weighted by atomic mass is 10.00. The first kappa shape index (κ1) is 19.1. The molecule has 4 rings (SSSR count). The zero-order chi connectivity index (χ0) is 20.7. The Balaban J connectivity index is 1.81. The monoisotopic (exact) mass is 426 g/mol. The van der Waals surface area contributed by atoms with Crippen LogP contribution in [0.25, 0.3) is 0 Å². The van der Waals surface area contributed by atoms with Gasteiger partial charge in [0.25, 0.3) is 23.6 Å². The summed E-state index contributed by atoms with van der Waals surface area (Å²) < 4.78 is 0. The highest BCUT2D eigenvalue weighted by Crippen LogP contribution is 2.37.